The van der Waals surface area contributed by atoms with Crippen molar-refractivity contribution >= 4 is 21.7 Å². The maximum Gasteiger partial charge on any atom is 0.408 e. The Morgan fingerprint density at radius 1 is 1.05 bits per heavy atom. The summed E-state index contributed by atoms with van der Waals surface area (Å²) in [5.74, 6) is -1.83. The number of halogens is 4. The Morgan fingerprint density at radius 2 is 1.74 bits per heavy atom. The smallest absolute Gasteiger partial charge is 0.348 e. The first-order chi connectivity index (χ1) is 17.7. The summed E-state index contributed by atoms with van der Waals surface area (Å²) in [5.41, 5.74) is -0.101. The molecule has 0 unspecified atom stereocenters. The zero-order valence-corrected chi connectivity index (χ0v) is 21.2. The molecule has 1 N–H and O–H groups in total. The molecule has 0 atom stereocenters. The highest BCUT2D eigenvalue weighted by Crippen LogP contribution is 2.62. The van der Waals surface area contributed by atoms with Gasteiger partial charge in [-0.1, -0.05) is 12.1 Å². The molecule has 1 aromatic carbocycles. The van der Waals surface area contributed by atoms with E-state index in [0.717, 1.165) is 4.57 Å². The van der Waals surface area contributed by atoms with Gasteiger partial charge in [-0.05, 0) is 61.9 Å². The van der Waals surface area contributed by atoms with Gasteiger partial charge in [0, 0.05) is 26.2 Å². The van der Waals surface area contributed by atoms with Gasteiger partial charge in [-0.15, -0.1) is 0 Å². The Labute approximate surface area is 215 Å². The largest absolute Gasteiger partial charge is 0.408 e. The van der Waals surface area contributed by atoms with E-state index >= 15 is 0 Å². The minimum Gasteiger partial charge on any atom is -0.348 e. The summed E-state index contributed by atoms with van der Waals surface area (Å²) in [4.78, 5) is 39.9. The fourth-order valence-electron chi connectivity index (χ4n) is 5.05. The fraction of sp³-hybridized carbons (Fsp3) is 0.480. The molecule has 2 heterocycles. The number of hydrogen-bond acceptors (Lipinski definition) is 5. The van der Waals surface area contributed by atoms with Crippen LogP contribution >= 0.6 is 0 Å². The van der Waals surface area contributed by atoms with Gasteiger partial charge in [-0.2, -0.15) is 13.2 Å². The number of benzene rings is 1. The SMILES string of the molecule is Cc1ccc(CNC(=O)c2ccc3n(c2=O)CCN(CC2(S(=O)(=O)C4(C(F)(F)F)CC4)CC2)C3=O)cc1F. The Kier molecular flexibility index (Phi) is 6.01. The second-order valence-corrected chi connectivity index (χ2v) is 12.9. The number of aryl methyl sites for hydroxylation is 1. The van der Waals surface area contributed by atoms with Crippen molar-refractivity contribution in [1.29, 1.82) is 0 Å². The van der Waals surface area contributed by atoms with Gasteiger partial charge in [0.2, 0.25) is 0 Å². The minimum atomic E-state index is -4.88. The van der Waals surface area contributed by atoms with Gasteiger partial charge >= 0.3 is 6.18 Å². The number of pyridine rings is 1. The quantitative estimate of drug-likeness (QED) is 0.529. The maximum absolute atomic E-state index is 13.7. The van der Waals surface area contributed by atoms with Crippen molar-refractivity contribution in [1.82, 2.24) is 14.8 Å². The van der Waals surface area contributed by atoms with Crippen LogP contribution in [0.25, 0.3) is 0 Å². The highest BCUT2D eigenvalue weighted by molar-refractivity contribution is 7.94. The van der Waals surface area contributed by atoms with E-state index < -0.39 is 61.5 Å². The summed E-state index contributed by atoms with van der Waals surface area (Å²) >= 11 is 0. The van der Waals surface area contributed by atoms with Gasteiger partial charge < -0.3 is 14.8 Å². The molecule has 2 aromatic rings. The second kappa shape index (κ2) is 8.65. The van der Waals surface area contributed by atoms with Gasteiger partial charge in [-0.3, -0.25) is 14.4 Å². The van der Waals surface area contributed by atoms with Crippen LogP contribution in [-0.4, -0.2) is 58.5 Å². The van der Waals surface area contributed by atoms with Gasteiger partial charge in [0.25, 0.3) is 17.4 Å². The van der Waals surface area contributed by atoms with Crippen LogP contribution in [0.1, 0.15) is 57.7 Å². The molecule has 3 aliphatic rings. The Hall–Kier alpha value is -3.22. The average Bonchev–Trinajstić information content (AvgIpc) is 3.76. The van der Waals surface area contributed by atoms with Crippen LogP contribution in [0.4, 0.5) is 17.6 Å². The third kappa shape index (κ3) is 4.02. The number of carbonyl (C=O) groups excluding carboxylic acids is 2. The van der Waals surface area contributed by atoms with E-state index in [9.17, 15) is 40.4 Å². The number of hydrogen-bond donors (Lipinski definition) is 1. The number of alkyl halides is 3. The number of fused-ring (bicyclic) bond motifs is 1. The predicted molar refractivity (Wildman–Crippen MR) is 128 cm³/mol. The summed E-state index contributed by atoms with van der Waals surface area (Å²) in [7, 11) is -4.60. The molecule has 2 saturated carbocycles. The normalized spacial score (nSPS) is 19.6. The van der Waals surface area contributed by atoms with Crippen LogP contribution < -0.4 is 10.9 Å². The topological polar surface area (TPSA) is 106 Å². The third-order valence-electron chi connectivity index (χ3n) is 7.80. The number of carbonyl (C=O) groups is 2. The number of nitrogens with one attached hydrogen (secondary N) is 1. The molecule has 1 aromatic heterocycles. The van der Waals surface area contributed by atoms with Gasteiger partial charge in [0.05, 0.1) is 4.75 Å². The van der Waals surface area contributed by atoms with Gasteiger partial charge in [0.15, 0.2) is 14.6 Å². The number of nitrogens with zero attached hydrogens (tertiary/aromatic N) is 2. The number of aromatic nitrogens is 1. The third-order valence-corrected chi connectivity index (χ3v) is 11.1. The van der Waals surface area contributed by atoms with E-state index in [2.05, 4.69) is 5.32 Å². The second-order valence-electron chi connectivity index (χ2n) is 10.3. The molecule has 0 bridgehead atoms. The lowest BCUT2D eigenvalue weighted by Crippen LogP contribution is -2.53. The van der Waals surface area contributed by atoms with Crippen molar-refractivity contribution in [2.75, 3.05) is 13.1 Å². The number of rotatable bonds is 7. The fourth-order valence-corrected chi connectivity index (χ4v) is 7.79. The zero-order chi connectivity index (χ0) is 27.7. The van der Waals surface area contributed by atoms with Gasteiger partial charge in [-0.25, -0.2) is 12.8 Å². The Bertz CT molecular complexity index is 1510. The van der Waals surface area contributed by atoms with Crippen molar-refractivity contribution < 1.29 is 35.6 Å². The maximum atomic E-state index is 13.7. The molecule has 2 fully saturated rings. The molecule has 8 nitrogen and oxygen atoms in total. The lowest BCUT2D eigenvalue weighted by molar-refractivity contribution is -0.137. The molecule has 204 valence electrons. The molecule has 2 aliphatic carbocycles. The molecule has 2 amide bonds. The summed E-state index contributed by atoms with van der Waals surface area (Å²) < 4.78 is 77.4. The molecule has 13 heteroatoms. The van der Waals surface area contributed by atoms with Crippen LogP contribution in [0.3, 0.4) is 0 Å². The average molecular weight is 556 g/mol. The van der Waals surface area contributed by atoms with Gasteiger partial charge in [0.1, 0.15) is 17.1 Å². The van der Waals surface area contributed by atoms with Crippen molar-refractivity contribution in [3.05, 3.63) is 68.9 Å². The standard InChI is InChI=1S/C25H25F4N3O5S/c1-15-2-3-16(12-18(15)26)13-30-20(33)17-4-5-19-22(35)31(10-11-32(19)21(17)34)14-23(6-7-23)38(36,37)24(8-9-24)25(27,28)29/h2-5,12H,6-11,13-14H2,1H3,(H,30,33). The lowest BCUT2D eigenvalue weighted by atomic mass is 10.1. The van der Waals surface area contributed by atoms with Crippen molar-refractivity contribution in [2.24, 2.45) is 0 Å². The van der Waals surface area contributed by atoms with Crippen LogP contribution in [0.15, 0.2) is 35.1 Å². The van der Waals surface area contributed by atoms with Crippen LogP contribution in [0.2, 0.25) is 0 Å². The molecular weight excluding hydrogens is 530 g/mol. The van der Waals surface area contributed by atoms with E-state index in [-0.39, 0.29) is 50.3 Å². The first-order valence-electron chi connectivity index (χ1n) is 12.1. The molecule has 1 aliphatic heterocycles. The minimum absolute atomic E-state index is 0.0279. The van der Waals surface area contributed by atoms with E-state index in [1.807, 2.05) is 0 Å². The molecule has 5 rings (SSSR count). The zero-order valence-electron chi connectivity index (χ0n) is 20.4. The monoisotopic (exact) mass is 555 g/mol. The Morgan fingerprint density at radius 3 is 2.32 bits per heavy atom. The summed E-state index contributed by atoms with van der Waals surface area (Å²) in [6.45, 7) is 1.06. The number of sulfone groups is 1. The van der Waals surface area contributed by atoms with E-state index in [1.54, 1.807) is 19.1 Å². The summed E-state index contributed by atoms with van der Waals surface area (Å²) in [6, 6.07) is 6.91. The molecule has 0 spiro atoms. The van der Waals surface area contributed by atoms with Crippen molar-refractivity contribution in [3.63, 3.8) is 0 Å². The highest BCUT2D eigenvalue weighted by atomic mass is 32.2. The molecule has 38 heavy (non-hydrogen) atoms. The first kappa shape index (κ1) is 26.4. The summed E-state index contributed by atoms with van der Waals surface area (Å²) in [6.07, 6.45) is -5.76. The van der Waals surface area contributed by atoms with E-state index in [4.69, 9.17) is 0 Å². The van der Waals surface area contributed by atoms with Crippen LogP contribution in [-0.2, 0) is 22.9 Å². The summed E-state index contributed by atoms with van der Waals surface area (Å²) in [5, 5.41) is 2.54. The predicted octanol–water partition coefficient (Wildman–Crippen LogP) is 2.72. The van der Waals surface area contributed by atoms with Crippen molar-refractivity contribution in [3.8, 4) is 0 Å². The lowest BCUT2D eigenvalue weighted by Gasteiger charge is -2.34. The molecular formula is C25H25F4N3O5S. The first-order valence-corrected chi connectivity index (χ1v) is 13.6. The molecule has 0 saturated heterocycles. The highest BCUT2D eigenvalue weighted by Gasteiger charge is 2.78. The van der Waals surface area contributed by atoms with E-state index in [0.29, 0.717) is 11.1 Å². The van der Waals surface area contributed by atoms with Crippen LogP contribution in [0, 0.1) is 12.7 Å². The number of amides is 2. The Balaban J connectivity index is 1.32. The van der Waals surface area contributed by atoms with Crippen molar-refractivity contribution in [2.45, 2.75) is 61.4 Å². The molecule has 0 radical (unpaired) electrons. The van der Waals surface area contributed by atoms with E-state index in [1.165, 1.54) is 23.1 Å². The van der Waals surface area contributed by atoms with Crippen LogP contribution in [0.5, 0.6) is 0 Å².